The van der Waals surface area contributed by atoms with Crippen molar-refractivity contribution in [2.45, 2.75) is 26.2 Å². The van der Waals surface area contributed by atoms with Crippen LogP contribution in [-0.4, -0.2) is 43.8 Å². The first kappa shape index (κ1) is 21.6. The third-order valence-corrected chi connectivity index (χ3v) is 4.97. The van der Waals surface area contributed by atoms with Gasteiger partial charge in [0.15, 0.2) is 0 Å². The van der Waals surface area contributed by atoms with E-state index in [1.54, 1.807) is 0 Å². The first-order valence-electron chi connectivity index (χ1n) is 9.39. The number of aldehydes is 1. The van der Waals surface area contributed by atoms with Gasteiger partial charge in [-0.05, 0) is 48.3 Å². The minimum absolute atomic E-state index is 0.0625. The van der Waals surface area contributed by atoms with Gasteiger partial charge in [-0.2, -0.15) is 0 Å². The SMILES string of the molecule is CO.CO/N=C(/CCC=O)CNC(=O)C1=CC=C(c2ccccc2C)C2CC12. The summed E-state index contributed by atoms with van der Waals surface area (Å²) >= 11 is 0. The Kier molecular flexibility index (Phi) is 8.14. The number of fused-ring (bicyclic) bond motifs is 1. The second kappa shape index (κ2) is 10.6. The summed E-state index contributed by atoms with van der Waals surface area (Å²) < 4.78 is 0. The largest absolute Gasteiger partial charge is 0.400 e. The van der Waals surface area contributed by atoms with Gasteiger partial charge >= 0.3 is 0 Å². The molecule has 0 saturated heterocycles. The van der Waals surface area contributed by atoms with E-state index in [2.05, 4.69) is 41.7 Å². The molecule has 1 saturated carbocycles. The molecular formula is C22H28N2O4. The van der Waals surface area contributed by atoms with Crippen molar-refractivity contribution < 1.29 is 19.5 Å². The molecule has 6 heteroatoms. The quantitative estimate of drug-likeness (QED) is 0.410. The highest BCUT2D eigenvalue weighted by molar-refractivity contribution is 6.00. The third kappa shape index (κ3) is 5.16. The molecule has 0 radical (unpaired) electrons. The molecular weight excluding hydrogens is 356 g/mol. The van der Waals surface area contributed by atoms with Crippen molar-refractivity contribution in [3.8, 4) is 0 Å². The number of benzene rings is 1. The average molecular weight is 384 g/mol. The monoisotopic (exact) mass is 384 g/mol. The standard InChI is InChI=1S/C21H24N2O3.CH4O/c1-14-6-3-4-8-16(14)17-9-10-18(20-12-19(17)20)21(25)22-13-15(23-26-2)7-5-11-24;1-2/h3-4,6,8-11,19-20H,5,7,12-13H2,1-2H3,(H,22,25);2H,1H3/b23-15-;. The van der Waals surface area contributed by atoms with Crippen molar-refractivity contribution in [2.75, 3.05) is 20.8 Å². The number of rotatable bonds is 8. The number of aryl methyl sites for hydroxylation is 1. The normalized spacial score (nSPS) is 19.9. The van der Waals surface area contributed by atoms with Crippen LogP contribution in [-0.2, 0) is 14.4 Å². The molecule has 2 unspecified atom stereocenters. The summed E-state index contributed by atoms with van der Waals surface area (Å²) in [6, 6.07) is 8.37. The van der Waals surface area contributed by atoms with E-state index < -0.39 is 0 Å². The summed E-state index contributed by atoms with van der Waals surface area (Å²) in [5.74, 6) is 0.670. The highest BCUT2D eigenvalue weighted by Crippen LogP contribution is 2.54. The number of allylic oxidation sites excluding steroid dienone is 3. The number of hydrogen-bond donors (Lipinski definition) is 2. The van der Waals surface area contributed by atoms with Crippen molar-refractivity contribution in [3.63, 3.8) is 0 Å². The van der Waals surface area contributed by atoms with Gasteiger partial charge in [0.1, 0.15) is 13.4 Å². The first-order valence-corrected chi connectivity index (χ1v) is 9.39. The second-order valence-electron chi connectivity index (χ2n) is 6.74. The summed E-state index contributed by atoms with van der Waals surface area (Å²) in [4.78, 5) is 27.9. The number of aliphatic hydroxyl groups excluding tert-OH is 1. The number of carbonyl (C=O) groups excluding carboxylic acids is 2. The first-order chi connectivity index (χ1) is 13.7. The maximum Gasteiger partial charge on any atom is 0.247 e. The molecule has 28 heavy (non-hydrogen) atoms. The van der Waals surface area contributed by atoms with Gasteiger partial charge in [-0.1, -0.05) is 41.6 Å². The van der Waals surface area contributed by atoms with Crippen LogP contribution in [0.25, 0.3) is 5.57 Å². The minimum atomic E-state index is -0.0625. The second-order valence-corrected chi connectivity index (χ2v) is 6.74. The van der Waals surface area contributed by atoms with Crippen molar-refractivity contribution >= 4 is 23.5 Å². The molecule has 150 valence electrons. The number of hydrogen-bond acceptors (Lipinski definition) is 5. The van der Waals surface area contributed by atoms with Gasteiger partial charge in [-0.25, -0.2) is 0 Å². The molecule has 1 fully saturated rings. The maximum absolute atomic E-state index is 12.6. The molecule has 2 aliphatic rings. The summed E-state index contributed by atoms with van der Waals surface area (Å²) in [6.07, 6.45) is 6.74. The fourth-order valence-electron chi connectivity index (χ4n) is 3.54. The van der Waals surface area contributed by atoms with Crippen LogP contribution in [0.15, 0.2) is 47.1 Å². The number of nitrogens with zero attached hydrogens (tertiary/aromatic N) is 1. The zero-order valence-corrected chi connectivity index (χ0v) is 16.6. The van der Waals surface area contributed by atoms with E-state index in [0.29, 0.717) is 36.9 Å². The average Bonchev–Trinajstić information content (AvgIpc) is 3.52. The zero-order chi connectivity index (χ0) is 20.5. The molecule has 0 aromatic heterocycles. The van der Waals surface area contributed by atoms with Crippen molar-refractivity contribution in [2.24, 2.45) is 17.0 Å². The van der Waals surface area contributed by atoms with E-state index in [-0.39, 0.29) is 5.91 Å². The van der Waals surface area contributed by atoms with E-state index in [1.807, 2.05) is 12.1 Å². The van der Waals surface area contributed by atoms with Crippen LogP contribution in [0.3, 0.4) is 0 Å². The maximum atomic E-state index is 12.6. The van der Waals surface area contributed by atoms with Crippen LogP contribution in [0.5, 0.6) is 0 Å². The topological polar surface area (TPSA) is 88.0 Å². The molecule has 3 rings (SSSR count). The number of aliphatic hydroxyl groups is 1. The van der Waals surface area contributed by atoms with Crippen molar-refractivity contribution in [1.82, 2.24) is 5.32 Å². The summed E-state index contributed by atoms with van der Waals surface area (Å²) in [7, 11) is 2.46. The van der Waals surface area contributed by atoms with E-state index in [9.17, 15) is 9.59 Å². The summed E-state index contributed by atoms with van der Waals surface area (Å²) in [6.45, 7) is 2.42. The van der Waals surface area contributed by atoms with E-state index in [4.69, 9.17) is 9.94 Å². The molecule has 1 aromatic rings. The molecule has 0 spiro atoms. The Balaban J connectivity index is 0.00000136. The molecule has 0 bridgehead atoms. The highest BCUT2D eigenvalue weighted by atomic mass is 16.6. The van der Waals surface area contributed by atoms with E-state index in [0.717, 1.165) is 25.4 Å². The summed E-state index contributed by atoms with van der Waals surface area (Å²) in [5, 5.41) is 13.8. The third-order valence-electron chi connectivity index (χ3n) is 4.97. The molecule has 2 N–H and O–H groups in total. The molecule has 1 amide bonds. The lowest BCUT2D eigenvalue weighted by Crippen LogP contribution is -2.32. The Labute approximate surface area is 166 Å². The zero-order valence-electron chi connectivity index (χ0n) is 16.6. The number of carbonyl (C=O) groups is 2. The Morgan fingerprint density at radius 2 is 2.04 bits per heavy atom. The van der Waals surface area contributed by atoms with Crippen LogP contribution in [0, 0.1) is 18.8 Å². The molecule has 1 aromatic carbocycles. The lowest BCUT2D eigenvalue weighted by atomic mass is 9.90. The Bertz CT molecular complexity index is 795. The fourth-order valence-corrected chi connectivity index (χ4v) is 3.54. The van der Waals surface area contributed by atoms with Gasteiger partial charge in [-0.3, -0.25) is 4.79 Å². The number of oxime groups is 1. The predicted molar refractivity (Wildman–Crippen MR) is 110 cm³/mol. The van der Waals surface area contributed by atoms with Crippen molar-refractivity contribution in [3.05, 3.63) is 53.1 Å². The van der Waals surface area contributed by atoms with Crippen LogP contribution in [0.1, 0.15) is 30.4 Å². The predicted octanol–water partition coefficient (Wildman–Crippen LogP) is 2.66. The van der Waals surface area contributed by atoms with Crippen LogP contribution >= 0.6 is 0 Å². The van der Waals surface area contributed by atoms with Crippen LogP contribution in [0.4, 0.5) is 0 Å². The number of nitrogens with one attached hydrogen (secondary N) is 1. The molecule has 6 nitrogen and oxygen atoms in total. The van der Waals surface area contributed by atoms with Gasteiger partial charge in [0.05, 0.1) is 12.3 Å². The molecule has 2 aliphatic carbocycles. The minimum Gasteiger partial charge on any atom is -0.400 e. The fraction of sp³-hybridized carbons (Fsp3) is 0.409. The highest BCUT2D eigenvalue weighted by Gasteiger charge is 2.46. The Morgan fingerprint density at radius 3 is 2.71 bits per heavy atom. The Hall–Kier alpha value is -2.73. The number of amides is 1. The Morgan fingerprint density at radius 1 is 1.29 bits per heavy atom. The van der Waals surface area contributed by atoms with Crippen molar-refractivity contribution in [1.29, 1.82) is 0 Å². The van der Waals surface area contributed by atoms with Gasteiger partial charge in [0.25, 0.3) is 0 Å². The van der Waals surface area contributed by atoms with Gasteiger partial charge in [0.2, 0.25) is 5.91 Å². The van der Waals surface area contributed by atoms with Crippen LogP contribution < -0.4 is 5.32 Å². The van der Waals surface area contributed by atoms with E-state index in [1.165, 1.54) is 23.8 Å². The molecule has 2 atom stereocenters. The van der Waals surface area contributed by atoms with Gasteiger partial charge < -0.3 is 20.1 Å². The smallest absolute Gasteiger partial charge is 0.247 e. The van der Waals surface area contributed by atoms with Gasteiger partial charge in [0, 0.05) is 19.1 Å². The molecule has 0 heterocycles. The van der Waals surface area contributed by atoms with E-state index >= 15 is 0 Å². The van der Waals surface area contributed by atoms with Crippen LogP contribution in [0.2, 0.25) is 0 Å². The molecule has 0 aliphatic heterocycles. The lowest BCUT2D eigenvalue weighted by molar-refractivity contribution is -0.117. The van der Waals surface area contributed by atoms with Gasteiger partial charge in [-0.15, -0.1) is 0 Å². The summed E-state index contributed by atoms with van der Waals surface area (Å²) in [5.41, 5.74) is 5.37. The lowest BCUT2D eigenvalue weighted by Gasteiger charge is -2.16.